The highest BCUT2D eigenvalue weighted by Crippen LogP contribution is 2.27. The van der Waals surface area contributed by atoms with Crippen molar-refractivity contribution in [3.8, 4) is 0 Å². The highest BCUT2D eigenvalue weighted by atomic mass is 16.6. The quantitative estimate of drug-likeness (QED) is 0.655. The van der Waals surface area contributed by atoms with Gasteiger partial charge in [-0.15, -0.1) is 0 Å². The molecule has 1 unspecified atom stereocenters. The van der Waals surface area contributed by atoms with Gasteiger partial charge in [0.25, 0.3) is 0 Å². The van der Waals surface area contributed by atoms with E-state index in [0.29, 0.717) is 11.1 Å². The van der Waals surface area contributed by atoms with E-state index in [1.54, 1.807) is 24.3 Å². The minimum atomic E-state index is -1.22. The average molecular weight is 193 g/mol. The second-order valence-electron chi connectivity index (χ2n) is 2.82. The van der Waals surface area contributed by atoms with E-state index in [-0.39, 0.29) is 0 Å². The third-order valence-corrected chi connectivity index (χ3v) is 1.94. The Morgan fingerprint density at radius 3 is 2.86 bits per heavy atom. The van der Waals surface area contributed by atoms with Crippen molar-refractivity contribution < 1.29 is 19.4 Å². The molecule has 1 atom stereocenters. The average Bonchev–Trinajstić information content (AvgIpc) is 2.44. The van der Waals surface area contributed by atoms with Gasteiger partial charge in [-0.1, -0.05) is 18.2 Å². The van der Waals surface area contributed by atoms with Crippen molar-refractivity contribution >= 4 is 12.1 Å². The number of rotatable bonds is 1. The zero-order valence-corrected chi connectivity index (χ0v) is 7.06. The molecule has 0 radical (unpaired) electrons. The molecule has 1 aromatic carbocycles. The Balaban J connectivity index is 2.34. The van der Waals surface area contributed by atoms with E-state index in [4.69, 9.17) is 9.84 Å². The first-order valence-electron chi connectivity index (χ1n) is 3.98. The summed E-state index contributed by atoms with van der Waals surface area (Å²) in [4.78, 5) is 21.6. The third kappa shape index (κ3) is 1.28. The molecule has 0 bridgehead atoms. The van der Waals surface area contributed by atoms with E-state index in [0.717, 1.165) is 0 Å². The Bertz CT molecular complexity index is 400. The summed E-state index contributed by atoms with van der Waals surface area (Å²) in [5.41, 5.74) is 0.964. The maximum atomic E-state index is 11.2. The molecule has 14 heavy (non-hydrogen) atoms. The zero-order chi connectivity index (χ0) is 10.1. The molecule has 2 N–H and O–H groups in total. The molecule has 2 rings (SSSR count). The summed E-state index contributed by atoms with van der Waals surface area (Å²) in [5.74, 6) is -0.501. The molecule has 72 valence electrons. The number of carbonyl (C=O) groups excluding carboxylic acids is 1. The van der Waals surface area contributed by atoms with Crippen LogP contribution < -0.4 is 5.32 Å². The van der Waals surface area contributed by atoms with Crippen LogP contribution in [0.15, 0.2) is 24.3 Å². The Hall–Kier alpha value is -2.04. The molecule has 1 heterocycles. The second kappa shape index (κ2) is 3.02. The van der Waals surface area contributed by atoms with Crippen LogP contribution in [0.5, 0.6) is 0 Å². The number of fused-ring (bicyclic) bond motifs is 1. The van der Waals surface area contributed by atoms with Crippen LogP contribution in [0.25, 0.3) is 0 Å². The predicted octanol–water partition coefficient (Wildman–Crippen LogP) is 1.12. The lowest BCUT2D eigenvalue weighted by Crippen LogP contribution is -2.26. The molecular formula is C9H7NO4. The lowest BCUT2D eigenvalue weighted by molar-refractivity contribution is 0.0317. The maximum Gasteiger partial charge on any atom is 0.407 e. The van der Waals surface area contributed by atoms with Gasteiger partial charge in [-0.3, -0.25) is 5.32 Å². The van der Waals surface area contributed by atoms with Crippen molar-refractivity contribution in [3.05, 3.63) is 35.4 Å². The fourth-order valence-corrected chi connectivity index (χ4v) is 1.36. The number of hydrogen-bond acceptors (Lipinski definition) is 3. The smallest absolute Gasteiger partial charge is 0.407 e. The molecule has 1 aliphatic heterocycles. The standard InChI is InChI=1S/C9H7NO4/c11-8-6-4-2-1-3-5(6)7(14-8)10-9(12)13/h1-4,7,10H,(H,12,13). The first-order valence-corrected chi connectivity index (χ1v) is 3.98. The van der Waals surface area contributed by atoms with Crippen LogP contribution in [-0.4, -0.2) is 17.2 Å². The third-order valence-electron chi connectivity index (χ3n) is 1.94. The summed E-state index contributed by atoms with van der Waals surface area (Å²) >= 11 is 0. The minimum Gasteiger partial charge on any atom is -0.465 e. The van der Waals surface area contributed by atoms with E-state index in [1.807, 2.05) is 0 Å². The van der Waals surface area contributed by atoms with Crippen LogP contribution in [0.3, 0.4) is 0 Å². The molecule has 5 heteroatoms. The molecule has 0 fully saturated rings. The molecule has 1 amide bonds. The number of esters is 1. The summed E-state index contributed by atoms with van der Waals surface area (Å²) < 4.78 is 4.81. The van der Waals surface area contributed by atoms with Crippen LogP contribution in [-0.2, 0) is 4.74 Å². The first kappa shape index (κ1) is 8.55. The number of cyclic esters (lactones) is 1. The van der Waals surface area contributed by atoms with Crippen LogP contribution in [0, 0.1) is 0 Å². The Morgan fingerprint density at radius 2 is 2.14 bits per heavy atom. The van der Waals surface area contributed by atoms with E-state index in [2.05, 4.69) is 5.32 Å². The molecule has 1 aliphatic rings. The molecule has 0 saturated heterocycles. The number of nitrogens with one attached hydrogen (secondary N) is 1. The fraction of sp³-hybridized carbons (Fsp3) is 0.111. The van der Waals surface area contributed by atoms with Crippen molar-refractivity contribution in [1.82, 2.24) is 5.32 Å². The summed E-state index contributed by atoms with van der Waals surface area (Å²) in [6, 6.07) is 6.67. The number of amides is 1. The van der Waals surface area contributed by atoms with Crippen molar-refractivity contribution in [3.63, 3.8) is 0 Å². The molecular weight excluding hydrogens is 186 g/mol. The van der Waals surface area contributed by atoms with Gasteiger partial charge in [0.05, 0.1) is 5.56 Å². The summed E-state index contributed by atoms with van der Waals surface area (Å²) in [6.45, 7) is 0. The summed E-state index contributed by atoms with van der Waals surface area (Å²) in [5, 5.41) is 10.6. The second-order valence-corrected chi connectivity index (χ2v) is 2.82. The van der Waals surface area contributed by atoms with Crippen LogP contribution in [0.4, 0.5) is 4.79 Å². The molecule has 0 spiro atoms. The Labute approximate surface area is 79.3 Å². The van der Waals surface area contributed by atoms with Gasteiger partial charge in [0.15, 0.2) is 0 Å². The van der Waals surface area contributed by atoms with Gasteiger partial charge < -0.3 is 9.84 Å². The van der Waals surface area contributed by atoms with E-state index in [1.165, 1.54) is 0 Å². The van der Waals surface area contributed by atoms with E-state index < -0.39 is 18.3 Å². The molecule has 5 nitrogen and oxygen atoms in total. The minimum absolute atomic E-state index is 0.409. The Kier molecular flexibility index (Phi) is 1.85. The van der Waals surface area contributed by atoms with Gasteiger partial charge in [0.2, 0.25) is 6.23 Å². The molecule has 1 aromatic rings. The van der Waals surface area contributed by atoms with Gasteiger partial charge in [0, 0.05) is 5.56 Å². The summed E-state index contributed by atoms with van der Waals surface area (Å²) in [6.07, 6.45) is -2.10. The number of ether oxygens (including phenoxy) is 1. The highest BCUT2D eigenvalue weighted by Gasteiger charge is 2.31. The maximum absolute atomic E-state index is 11.2. The number of carbonyl (C=O) groups is 2. The SMILES string of the molecule is O=C(O)NC1OC(=O)c2ccccc21. The van der Waals surface area contributed by atoms with Crippen LogP contribution >= 0.6 is 0 Å². The topological polar surface area (TPSA) is 75.6 Å². The zero-order valence-electron chi connectivity index (χ0n) is 7.06. The first-order chi connectivity index (χ1) is 6.68. The van der Waals surface area contributed by atoms with Crippen molar-refractivity contribution in [2.24, 2.45) is 0 Å². The van der Waals surface area contributed by atoms with E-state index >= 15 is 0 Å². The summed E-state index contributed by atoms with van der Waals surface area (Å²) in [7, 11) is 0. The lowest BCUT2D eigenvalue weighted by atomic mass is 10.1. The van der Waals surface area contributed by atoms with Crippen molar-refractivity contribution in [2.75, 3.05) is 0 Å². The van der Waals surface area contributed by atoms with Crippen LogP contribution in [0.1, 0.15) is 22.1 Å². The van der Waals surface area contributed by atoms with Gasteiger partial charge in [-0.05, 0) is 6.07 Å². The van der Waals surface area contributed by atoms with E-state index in [9.17, 15) is 9.59 Å². The van der Waals surface area contributed by atoms with Crippen LogP contribution in [0.2, 0.25) is 0 Å². The molecule has 0 aromatic heterocycles. The normalized spacial score (nSPS) is 18.6. The lowest BCUT2D eigenvalue weighted by Gasteiger charge is -2.09. The number of hydrogen-bond donors (Lipinski definition) is 2. The predicted molar refractivity (Wildman–Crippen MR) is 45.8 cm³/mol. The fourth-order valence-electron chi connectivity index (χ4n) is 1.36. The largest absolute Gasteiger partial charge is 0.465 e. The van der Waals surface area contributed by atoms with Gasteiger partial charge >= 0.3 is 12.1 Å². The molecule has 0 aliphatic carbocycles. The Morgan fingerprint density at radius 1 is 1.43 bits per heavy atom. The van der Waals surface area contributed by atoms with Crippen molar-refractivity contribution in [1.29, 1.82) is 0 Å². The van der Waals surface area contributed by atoms with Gasteiger partial charge in [-0.25, -0.2) is 9.59 Å². The van der Waals surface area contributed by atoms with Crippen molar-refractivity contribution in [2.45, 2.75) is 6.23 Å². The monoisotopic (exact) mass is 193 g/mol. The number of benzene rings is 1. The van der Waals surface area contributed by atoms with Gasteiger partial charge in [0.1, 0.15) is 0 Å². The highest BCUT2D eigenvalue weighted by molar-refractivity contribution is 5.94. The van der Waals surface area contributed by atoms with Gasteiger partial charge in [-0.2, -0.15) is 0 Å². The molecule has 0 saturated carbocycles. The number of carboxylic acid groups (broad SMARTS) is 1.